The average molecular weight is 365 g/mol. The van der Waals surface area contributed by atoms with Crippen LogP contribution < -0.4 is 10.6 Å². The van der Waals surface area contributed by atoms with Gasteiger partial charge in [-0.3, -0.25) is 9.59 Å². The molecule has 0 aromatic heterocycles. The quantitative estimate of drug-likeness (QED) is 0.790. The Hall–Kier alpha value is -0.820. The lowest BCUT2D eigenvalue weighted by Gasteiger charge is -2.12. The Morgan fingerprint density at radius 2 is 2.29 bits per heavy atom. The van der Waals surface area contributed by atoms with Crippen molar-refractivity contribution < 1.29 is 9.59 Å². The first-order valence-corrected chi connectivity index (χ1v) is 6.57. The van der Waals surface area contributed by atoms with E-state index in [0.29, 0.717) is 23.6 Å². The molecule has 0 bridgehead atoms. The van der Waals surface area contributed by atoms with Crippen LogP contribution in [-0.4, -0.2) is 17.9 Å². The molecule has 6 heteroatoms. The van der Waals surface area contributed by atoms with E-state index >= 15 is 0 Å². The van der Waals surface area contributed by atoms with Gasteiger partial charge in [0, 0.05) is 9.99 Å². The molecule has 1 aliphatic rings. The second-order valence-electron chi connectivity index (χ2n) is 3.77. The van der Waals surface area contributed by atoms with E-state index in [0.717, 1.165) is 3.57 Å². The Morgan fingerprint density at radius 1 is 1.53 bits per heavy atom. The van der Waals surface area contributed by atoms with Crippen molar-refractivity contribution in [3.63, 3.8) is 0 Å². The number of carbonyl (C=O) groups excluding carboxylic acids is 2. The number of halogens is 2. The van der Waals surface area contributed by atoms with Gasteiger partial charge in [0.05, 0.1) is 10.7 Å². The van der Waals surface area contributed by atoms with E-state index in [4.69, 9.17) is 11.6 Å². The van der Waals surface area contributed by atoms with Gasteiger partial charge in [-0.25, -0.2) is 0 Å². The fraction of sp³-hybridized carbons (Fsp3) is 0.273. The van der Waals surface area contributed by atoms with Crippen LogP contribution in [-0.2, 0) is 9.59 Å². The van der Waals surface area contributed by atoms with Crippen molar-refractivity contribution in [3.8, 4) is 0 Å². The molecule has 90 valence electrons. The minimum atomic E-state index is -0.446. The van der Waals surface area contributed by atoms with Crippen molar-refractivity contribution in [1.82, 2.24) is 5.32 Å². The fourth-order valence-corrected chi connectivity index (χ4v) is 2.52. The number of amides is 2. The van der Waals surface area contributed by atoms with Gasteiger partial charge in [-0.2, -0.15) is 0 Å². The summed E-state index contributed by atoms with van der Waals surface area (Å²) in [7, 11) is 0. The average Bonchev–Trinajstić information content (AvgIpc) is 2.69. The van der Waals surface area contributed by atoms with E-state index < -0.39 is 6.04 Å². The maximum absolute atomic E-state index is 11.8. The van der Waals surface area contributed by atoms with Gasteiger partial charge in [-0.15, -0.1) is 0 Å². The van der Waals surface area contributed by atoms with Gasteiger partial charge in [0.15, 0.2) is 0 Å². The third kappa shape index (κ3) is 3.10. The van der Waals surface area contributed by atoms with Crippen molar-refractivity contribution in [2.75, 3.05) is 5.32 Å². The SMILES string of the molecule is O=C1CC[C@@H](C(=O)Nc2ccc(I)cc2Cl)N1. The number of nitrogens with one attached hydrogen (secondary N) is 2. The summed E-state index contributed by atoms with van der Waals surface area (Å²) in [5, 5.41) is 5.82. The van der Waals surface area contributed by atoms with Crippen molar-refractivity contribution in [2.45, 2.75) is 18.9 Å². The van der Waals surface area contributed by atoms with E-state index in [1.165, 1.54) is 0 Å². The third-order valence-electron chi connectivity index (χ3n) is 2.50. The molecular weight excluding hydrogens is 354 g/mol. The van der Waals surface area contributed by atoms with Crippen LogP contribution in [0.4, 0.5) is 5.69 Å². The zero-order valence-electron chi connectivity index (χ0n) is 8.80. The number of rotatable bonds is 2. The largest absolute Gasteiger partial charge is 0.344 e. The molecule has 1 heterocycles. The fourth-order valence-electron chi connectivity index (χ4n) is 1.62. The molecule has 0 radical (unpaired) electrons. The van der Waals surface area contributed by atoms with Crippen molar-refractivity contribution >= 4 is 51.7 Å². The first kappa shape index (κ1) is 12.6. The van der Waals surface area contributed by atoms with E-state index in [2.05, 4.69) is 33.2 Å². The van der Waals surface area contributed by atoms with Gasteiger partial charge in [0.1, 0.15) is 6.04 Å². The third-order valence-corrected chi connectivity index (χ3v) is 3.48. The van der Waals surface area contributed by atoms with Gasteiger partial charge >= 0.3 is 0 Å². The molecule has 1 aromatic carbocycles. The summed E-state index contributed by atoms with van der Waals surface area (Å²) < 4.78 is 1.000. The standard InChI is InChI=1S/C11H10ClIN2O2/c12-7-5-6(13)1-2-8(7)15-11(17)9-3-4-10(16)14-9/h1-2,5,9H,3-4H2,(H,14,16)(H,15,17)/t9-/m0/s1. The van der Waals surface area contributed by atoms with Crippen molar-refractivity contribution in [1.29, 1.82) is 0 Å². The molecule has 1 saturated heterocycles. The lowest BCUT2D eigenvalue weighted by molar-refractivity contribution is -0.122. The second-order valence-corrected chi connectivity index (χ2v) is 5.43. The summed E-state index contributed by atoms with van der Waals surface area (Å²) in [5.41, 5.74) is 0.568. The van der Waals surface area contributed by atoms with Crippen LogP contribution in [0.1, 0.15) is 12.8 Å². The summed E-state index contributed by atoms with van der Waals surface area (Å²) >= 11 is 8.14. The zero-order chi connectivity index (χ0) is 12.4. The molecule has 0 unspecified atom stereocenters. The minimum absolute atomic E-state index is 0.0844. The van der Waals surface area contributed by atoms with Gasteiger partial charge in [-0.05, 0) is 47.2 Å². The summed E-state index contributed by atoms with van der Waals surface area (Å²) in [6.45, 7) is 0. The molecule has 0 aliphatic carbocycles. The molecule has 2 N–H and O–H groups in total. The molecule has 0 spiro atoms. The minimum Gasteiger partial charge on any atom is -0.344 e. The summed E-state index contributed by atoms with van der Waals surface area (Å²) in [4.78, 5) is 22.8. The van der Waals surface area contributed by atoms with Crippen LogP contribution >= 0.6 is 34.2 Å². The van der Waals surface area contributed by atoms with Crippen molar-refractivity contribution in [3.05, 3.63) is 26.8 Å². The Bertz CT molecular complexity index is 479. The van der Waals surface area contributed by atoms with Crippen LogP contribution in [0.15, 0.2) is 18.2 Å². The number of anilines is 1. The topological polar surface area (TPSA) is 58.2 Å². The highest BCUT2D eigenvalue weighted by Gasteiger charge is 2.27. The van der Waals surface area contributed by atoms with Gasteiger partial charge in [0.25, 0.3) is 0 Å². The van der Waals surface area contributed by atoms with Gasteiger partial charge in [-0.1, -0.05) is 11.6 Å². The smallest absolute Gasteiger partial charge is 0.247 e. The monoisotopic (exact) mass is 364 g/mol. The Kier molecular flexibility index (Phi) is 3.88. The van der Waals surface area contributed by atoms with Gasteiger partial charge in [0.2, 0.25) is 11.8 Å². The van der Waals surface area contributed by atoms with Crippen LogP contribution in [0.3, 0.4) is 0 Å². The molecule has 1 aliphatic heterocycles. The Labute approximate surface area is 117 Å². The van der Waals surface area contributed by atoms with Crippen LogP contribution in [0.2, 0.25) is 5.02 Å². The van der Waals surface area contributed by atoms with Crippen LogP contribution in [0.5, 0.6) is 0 Å². The number of hydrogen-bond acceptors (Lipinski definition) is 2. The van der Waals surface area contributed by atoms with Gasteiger partial charge < -0.3 is 10.6 Å². The molecule has 1 atom stereocenters. The molecule has 1 aromatic rings. The molecule has 1 fully saturated rings. The van der Waals surface area contributed by atoms with E-state index in [1.54, 1.807) is 12.1 Å². The highest BCUT2D eigenvalue weighted by atomic mass is 127. The molecule has 4 nitrogen and oxygen atoms in total. The first-order chi connectivity index (χ1) is 8.06. The highest BCUT2D eigenvalue weighted by Crippen LogP contribution is 2.24. The number of hydrogen-bond donors (Lipinski definition) is 2. The lowest BCUT2D eigenvalue weighted by Crippen LogP contribution is -2.37. The van der Waals surface area contributed by atoms with E-state index in [1.807, 2.05) is 6.07 Å². The maximum atomic E-state index is 11.8. The number of benzene rings is 1. The maximum Gasteiger partial charge on any atom is 0.247 e. The Morgan fingerprint density at radius 3 is 2.88 bits per heavy atom. The summed E-state index contributed by atoms with van der Waals surface area (Å²) in [5.74, 6) is -0.308. The van der Waals surface area contributed by atoms with Crippen LogP contribution in [0.25, 0.3) is 0 Å². The molecule has 0 saturated carbocycles. The van der Waals surface area contributed by atoms with E-state index in [9.17, 15) is 9.59 Å². The second kappa shape index (κ2) is 5.22. The van der Waals surface area contributed by atoms with Crippen LogP contribution in [0, 0.1) is 3.57 Å². The molecule has 2 amide bonds. The lowest BCUT2D eigenvalue weighted by atomic mass is 10.2. The molecule has 17 heavy (non-hydrogen) atoms. The Balaban J connectivity index is 2.05. The predicted octanol–water partition coefficient (Wildman–Crippen LogP) is 2.16. The highest BCUT2D eigenvalue weighted by molar-refractivity contribution is 14.1. The number of carbonyl (C=O) groups is 2. The normalized spacial score (nSPS) is 18.9. The first-order valence-electron chi connectivity index (χ1n) is 5.11. The van der Waals surface area contributed by atoms with Crippen molar-refractivity contribution in [2.24, 2.45) is 0 Å². The summed E-state index contributed by atoms with van der Waals surface area (Å²) in [6.07, 6.45) is 0.936. The zero-order valence-corrected chi connectivity index (χ0v) is 11.7. The summed E-state index contributed by atoms with van der Waals surface area (Å²) in [6, 6.07) is 4.93. The molecular formula is C11H10ClIN2O2. The molecule has 2 rings (SSSR count). The van der Waals surface area contributed by atoms with E-state index in [-0.39, 0.29) is 11.8 Å². The predicted molar refractivity (Wildman–Crippen MR) is 74.0 cm³/mol.